The van der Waals surface area contributed by atoms with Gasteiger partial charge in [-0.15, -0.1) is 11.3 Å². The van der Waals surface area contributed by atoms with Crippen molar-refractivity contribution in [3.8, 4) is 0 Å². The Balaban J connectivity index is 2.01. The molecule has 0 radical (unpaired) electrons. The minimum Gasteiger partial charge on any atom is -0.382 e. The molecule has 0 bridgehead atoms. The molecule has 1 heterocycles. The predicted molar refractivity (Wildman–Crippen MR) is 69.4 cm³/mol. The molecule has 4 nitrogen and oxygen atoms in total. The highest BCUT2D eigenvalue weighted by Crippen LogP contribution is 2.16. The van der Waals surface area contributed by atoms with E-state index in [0.717, 1.165) is 6.54 Å². The van der Waals surface area contributed by atoms with Gasteiger partial charge >= 0.3 is 0 Å². The van der Waals surface area contributed by atoms with Crippen molar-refractivity contribution >= 4 is 11.3 Å². The number of ether oxygens (including phenoxy) is 3. The van der Waals surface area contributed by atoms with Crippen LogP contribution in [-0.4, -0.2) is 40.6 Å². The third-order valence-electron chi connectivity index (χ3n) is 2.12. The first kappa shape index (κ1) is 14.6. The summed E-state index contributed by atoms with van der Waals surface area (Å²) >= 11 is 1.78. The molecule has 1 aromatic heterocycles. The summed E-state index contributed by atoms with van der Waals surface area (Å²) in [6, 6.07) is 4.25. The van der Waals surface area contributed by atoms with Crippen LogP contribution in [0.4, 0.5) is 0 Å². The van der Waals surface area contributed by atoms with Crippen LogP contribution in [-0.2, 0) is 27.4 Å². The number of nitrogens with one attached hydrogen (secondary N) is 1. The zero-order valence-electron chi connectivity index (χ0n) is 10.5. The Morgan fingerprint density at radius 2 is 1.76 bits per heavy atom. The Hall–Kier alpha value is -0.460. The quantitative estimate of drug-likeness (QED) is 0.649. The molecule has 0 fully saturated rings. The minimum atomic E-state index is 0.623. The molecule has 0 spiro atoms. The highest BCUT2D eigenvalue weighted by molar-refractivity contribution is 7.11. The number of rotatable bonds is 10. The molecule has 0 aromatic carbocycles. The highest BCUT2D eigenvalue weighted by Gasteiger charge is 1.99. The molecule has 0 unspecified atom stereocenters. The van der Waals surface area contributed by atoms with Crippen LogP contribution < -0.4 is 5.32 Å². The van der Waals surface area contributed by atoms with Crippen LogP contribution in [0, 0.1) is 0 Å². The van der Waals surface area contributed by atoms with Crippen molar-refractivity contribution in [2.24, 2.45) is 0 Å². The van der Waals surface area contributed by atoms with Crippen LogP contribution in [0.15, 0.2) is 12.1 Å². The largest absolute Gasteiger partial charge is 0.382 e. The standard InChI is InChI=1S/C12H21NO3S/c1-13-9-11-3-4-12(17-11)10-16-8-7-15-6-5-14-2/h3-4,13H,5-10H2,1-2H3. The number of hydrogen-bond acceptors (Lipinski definition) is 5. The first-order chi connectivity index (χ1) is 8.36. The average molecular weight is 259 g/mol. The summed E-state index contributed by atoms with van der Waals surface area (Å²) in [6.07, 6.45) is 0. The lowest BCUT2D eigenvalue weighted by molar-refractivity contribution is 0.0205. The van der Waals surface area contributed by atoms with Crippen LogP contribution in [0.1, 0.15) is 9.75 Å². The van der Waals surface area contributed by atoms with Crippen molar-refractivity contribution in [2.45, 2.75) is 13.2 Å². The second kappa shape index (κ2) is 9.56. The molecule has 98 valence electrons. The van der Waals surface area contributed by atoms with Gasteiger partial charge in [0.1, 0.15) is 0 Å². The van der Waals surface area contributed by atoms with Crippen molar-refractivity contribution in [3.63, 3.8) is 0 Å². The first-order valence-electron chi connectivity index (χ1n) is 5.73. The molecular formula is C12H21NO3S. The molecular weight excluding hydrogens is 238 g/mol. The fourth-order valence-electron chi connectivity index (χ4n) is 1.30. The lowest BCUT2D eigenvalue weighted by Gasteiger charge is -2.04. The van der Waals surface area contributed by atoms with E-state index < -0.39 is 0 Å². The van der Waals surface area contributed by atoms with Gasteiger partial charge in [0.05, 0.1) is 33.0 Å². The maximum Gasteiger partial charge on any atom is 0.0810 e. The maximum atomic E-state index is 5.52. The highest BCUT2D eigenvalue weighted by atomic mass is 32.1. The molecule has 5 heteroatoms. The second-order valence-corrected chi connectivity index (χ2v) is 4.81. The van der Waals surface area contributed by atoms with Gasteiger partial charge in [0.2, 0.25) is 0 Å². The SMILES string of the molecule is CNCc1ccc(COCCOCCOC)s1. The van der Waals surface area contributed by atoms with E-state index in [4.69, 9.17) is 14.2 Å². The summed E-state index contributed by atoms with van der Waals surface area (Å²) in [5, 5.41) is 3.13. The monoisotopic (exact) mass is 259 g/mol. The Morgan fingerprint density at radius 3 is 2.53 bits per heavy atom. The minimum absolute atomic E-state index is 0.623. The normalized spacial score (nSPS) is 10.9. The first-order valence-corrected chi connectivity index (χ1v) is 6.55. The lowest BCUT2D eigenvalue weighted by atomic mass is 10.4. The fourth-order valence-corrected chi connectivity index (χ4v) is 2.27. The summed E-state index contributed by atoms with van der Waals surface area (Å²) < 4.78 is 15.7. The lowest BCUT2D eigenvalue weighted by Crippen LogP contribution is -2.07. The van der Waals surface area contributed by atoms with Crippen molar-refractivity contribution in [1.82, 2.24) is 5.32 Å². The van der Waals surface area contributed by atoms with Gasteiger partial charge < -0.3 is 19.5 Å². The topological polar surface area (TPSA) is 39.7 Å². The van der Waals surface area contributed by atoms with Gasteiger partial charge in [0, 0.05) is 23.4 Å². The van der Waals surface area contributed by atoms with Crippen LogP contribution in [0.5, 0.6) is 0 Å². The van der Waals surface area contributed by atoms with Crippen molar-refractivity contribution in [3.05, 3.63) is 21.9 Å². The predicted octanol–water partition coefficient (Wildman–Crippen LogP) is 1.65. The van der Waals surface area contributed by atoms with E-state index in [-0.39, 0.29) is 0 Å². The zero-order chi connectivity index (χ0) is 12.3. The molecule has 1 aromatic rings. The molecule has 0 saturated carbocycles. The van der Waals surface area contributed by atoms with Crippen LogP contribution in [0.2, 0.25) is 0 Å². The third-order valence-corrected chi connectivity index (χ3v) is 3.18. The van der Waals surface area contributed by atoms with Crippen LogP contribution in [0.3, 0.4) is 0 Å². The van der Waals surface area contributed by atoms with Gasteiger partial charge in [-0.2, -0.15) is 0 Å². The molecule has 1 N–H and O–H groups in total. The molecule has 0 saturated heterocycles. The Kier molecular flexibility index (Phi) is 8.21. The molecule has 0 aliphatic carbocycles. The van der Waals surface area contributed by atoms with Crippen LogP contribution >= 0.6 is 11.3 Å². The van der Waals surface area contributed by atoms with Gasteiger partial charge in [-0.05, 0) is 19.2 Å². The van der Waals surface area contributed by atoms with Crippen molar-refractivity contribution < 1.29 is 14.2 Å². The van der Waals surface area contributed by atoms with Crippen LogP contribution in [0.25, 0.3) is 0 Å². The summed E-state index contributed by atoms with van der Waals surface area (Å²) in [5.41, 5.74) is 0. The van der Waals surface area contributed by atoms with E-state index in [1.807, 2.05) is 7.05 Å². The Labute approximate surface area is 107 Å². The van der Waals surface area contributed by atoms with E-state index >= 15 is 0 Å². The van der Waals surface area contributed by atoms with Gasteiger partial charge in [0.15, 0.2) is 0 Å². The smallest absolute Gasteiger partial charge is 0.0810 e. The Morgan fingerprint density at radius 1 is 1.06 bits per heavy atom. The van der Waals surface area contributed by atoms with Gasteiger partial charge in [0.25, 0.3) is 0 Å². The summed E-state index contributed by atoms with van der Waals surface area (Å²) in [5.74, 6) is 0. The molecule has 0 atom stereocenters. The molecule has 0 aliphatic rings. The van der Waals surface area contributed by atoms with Crippen molar-refractivity contribution in [2.75, 3.05) is 40.6 Å². The van der Waals surface area contributed by atoms with Gasteiger partial charge in [-0.3, -0.25) is 0 Å². The fraction of sp³-hybridized carbons (Fsp3) is 0.667. The van der Waals surface area contributed by atoms with Gasteiger partial charge in [-0.1, -0.05) is 0 Å². The van der Waals surface area contributed by atoms with E-state index in [2.05, 4.69) is 17.4 Å². The van der Waals surface area contributed by atoms with Gasteiger partial charge in [-0.25, -0.2) is 0 Å². The number of methoxy groups -OCH3 is 1. The third kappa shape index (κ3) is 6.75. The molecule has 0 amide bonds. The second-order valence-electron chi connectivity index (χ2n) is 3.56. The maximum absolute atomic E-state index is 5.52. The average Bonchev–Trinajstić information content (AvgIpc) is 2.76. The zero-order valence-corrected chi connectivity index (χ0v) is 11.3. The number of hydrogen-bond donors (Lipinski definition) is 1. The summed E-state index contributed by atoms with van der Waals surface area (Å²) in [6.45, 7) is 4.11. The molecule has 17 heavy (non-hydrogen) atoms. The molecule has 1 rings (SSSR count). The van der Waals surface area contributed by atoms with E-state index in [1.54, 1.807) is 18.4 Å². The van der Waals surface area contributed by atoms with E-state index in [1.165, 1.54) is 9.75 Å². The molecule has 0 aliphatic heterocycles. The Bertz CT molecular complexity index is 291. The summed E-state index contributed by atoms with van der Waals surface area (Å²) in [7, 11) is 3.62. The van der Waals surface area contributed by atoms with Crippen molar-refractivity contribution in [1.29, 1.82) is 0 Å². The van der Waals surface area contributed by atoms with E-state index in [0.29, 0.717) is 33.0 Å². The summed E-state index contributed by atoms with van der Waals surface area (Å²) in [4.78, 5) is 2.59. The number of thiophene rings is 1. The van der Waals surface area contributed by atoms with E-state index in [9.17, 15) is 0 Å².